The van der Waals surface area contributed by atoms with Crippen LogP contribution in [0.25, 0.3) is 0 Å². The first-order valence-electron chi connectivity index (χ1n) is 34.0. The third-order valence-electron chi connectivity index (χ3n) is 15.6. The molecular formula is C72H127NO8. The van der Waals surface area contributed by atoms with Gasteiger partial charge in [-0.15, -0.1) is 0 Å². The molecule has 9 heteroatoms. The van der Waals surface area contributed by atoms with E-state index in [4.69, 9.17) is 9.47 Å². The van der Waals surface area contributed by atoms with Gasteiger partial charge in [-0.3, -0.25) is 4.79 Å². The molecule has 0 spiro atoms. The lowest BCUT2D eigenvalue weighted by Crippen LogP contribution is -2.60. The first kappa shape index (κ1) is 76.1. The summed E-state index contributed by atoms with van der Waals surface area (Å²) in [7, 11) is 0. The minimum Gasteiger partial charge on any atom is -0.394 e. The third kappa shape index (κ3) is 49.1. The number of unbranched alkanes of at least 4 members (excludes halogenated alkanes) is 34. The van der Waals surface area contributed by atoms with Crippen molar-refractivity contribution in [2.24, 2.45) is 0 Å². The van der Waals surface area contributed by atoms with E-state index in [-0.39, 0.29) is 12.5 Å². The molecule has 1 saturated heterocycles. The number of allylic oxidation sites excluding steroid dienone is 15. The Morgan fingerprint density at radius 1 is 0.432 bits per heavy atom. The van der Waals surface area contributed by atoms with E-state index >= 15 is 0 Å². The highest BCUT2D eigenvalue weighted by atomic mass is 16.7. The molecule has 0 bridgehead atoms. The van der Waals surface area contributed by atoms with Gasteiger partial charge in [0.05, 0.1) is 25.4 Å². The number of rotatable bonds is 58. The highest BCUT2D eigenvalue weighted by Gasteiger charge is 2.44. The van der Waals surface area contributed by atoms with E-state index in [0.29, 0.717) is 6.42 Å². The molecule has 1 fully saturated rings. The number of nitrogens with one attached hydrogen (secondary N) is 1. The fourth-order valence-corrected chi connectivity index (χ4v) is 10.3. The van der Waals surface area contributed by atoms with E-state index in [1.165, 1.54) is 193 Å². The number of ether oxygens (including phenoxy) is 2. The molecule has 1 rings (SSSR count). The quantitative estimate of drug-likeness (QED) is 0.0261. The van der Waals surface area contributed by atoms with Crippen LogP contribution in [0.3, 0.4) is 0 Å². The summed E-state index contributed by atoms with van der Waals surface area (Å²) in [6, 6.07) is -0.831. The summed E-state index contributed by atoms with van der Waals surface area (Å²) in [4.78, 5) is 13.1. The van der Waals surface area contributed by atoms with E-state index in [0.717, 1.165) is 83.5 Å². The number of aliphatic hydroxyl groups is 5. The van der Waals surface area contributed by atoms with Gasteiger partial charge in [-0.25, -0.2) is 0 Å². The van der Waals surface area contributed by atoms with Crippen LogP contribution in [0, 0.1) is 0 Å². The second kappa shape index (κ2) is 60.2. The zero-order chi connectivity index (χ0) is 58.6. The predicted octanol–water partition coefficient (Wildman–Crippen LogP) is 18.3. The Hall–Kier alpha value is -2.89. The average Bonchev–Trinajstić information content (AvgIpc) is 3.49. The highest BCUT2D eigenvalue weighted by molar-refractivity contribution is 5.76. The monoisotopic (exact) mass is 1130 g/mol. The zero-order valence-electron chi connectivity index (χ0n) is 52.3. The average molecular weight is 1130 g/mol. The Balaban J connectivity index is 2.06. The summed E-state index contributed by atoms with van der Waals surface area (Å²) in [5.74, 6) is -0.188. The number of aliphatic hydroxyl groups excluding tert-OH is 5. The van der Waals surface area contributed by atoms with Gasteiger partial charge in [0.1, 0.15) is 24.4 Å². The standard InChI is InChI=1S/C72H127NO8/c1-3-5-7-9-11-13-15-17-19-21-22-23-24-25-26-27-28-29-30-31-32-33-34-35-36-37-38-39-40-41-42-43-44-46-48-50-52-54-56-58-60-62-68(76)73-65(64-80-72-71(79)70(78)69(77)67(63-74)81-72)66(75)61-59-57-55-53-51-49-47-45-20-18-16-14-12-10-8-6-4-2/h5,7,11,13,17,19-20,22-23,25-26,45,51,53,59,61,65-67,69-72,74-75,77-79H,3-4,6,8-10,12,14-16,18,21,24,27-44,46-50,52,54-58,60,62-64H2,1-2H3,(H,73,76)/b7-5-,13-11-,19-17-,23-22-,26-25-,45-20+,53-51+,61-59+. The maximum Gasteiger partial charge on any atom is 0.220 e. The molecule has 7 atom stereocenters. The second-order valence-corrected chi connectivity index (χ2v) is 23.2. The maximum absolute atomic E-state index is 13.1. The van der Waals surface area contributed by atoms with E-state index in [1.54, 1.807) is 6.08 Å². The van der Waals surface area contributed by atoms with Crippen LogP contribution in [-0.4, -0.2) is 87.5 Å². The molecule has 6 N–H and O–H groups in total. The molecule has 1 amide bonds. The van der Waals surface area contributed by atoms with Gasteiger partial charge in [0, 0.05) is 6.42 Å². The number of amides is 1. The number of hydrogen-bond donors (Lipinski definition) is 6. The Bertz CT molecular complexity index is 1600. The predicted molar refractivity (Wildman–Crippen MR) is 345 cm³/mol. The van der Waals surface area contributed by atoms with Gasteiger partial charge in [-0.1, -0.05) is 297 Å². The summed E-state index contributed by atoms with van der Waals surface area (Å²) in [6.45, 7) is 3.65. The van der Waals surface area contributed by atoms with Gasteiger partial charge < -0.3 is 40.3 Å². The summed E-state index contributed by atoms with van der Waals surface area (Å²) in [5.41, 5.74) is 0. The Morgan fingerprint density at radius 3 is 1.19 bits per heavy atom. The van der Waals surface area contributed by atoms with Crippen molar-refractivity contribution in [3.63, 3.8) is 0 Å². The molecular weight excluding hydrogens is 1010 g/mol. The van der Waals surface area contributed by atoms with E-state index in [2.05, 4.69) is 104 Å². The lowest BCUT2D eigenvalue weighted by molar-refractivity contribution is -0.302. The summed E-state index contributed by atoms with van der Waals surface area (Å²) >= 11 is 0. The normalized spacial score (nSPS) is 19.0. The first-order chi connectivity index (χ1) is 39.8. The molecule has 0 aromatic carbocycles. The van der Waals surface area contributed by atoms with Crippen LogP contribution in [0.5, 0.6) is 0 Å². The van der Waals surface area contributed by atoms with E-state index in [9.17, 15) is 30.3 Å². The van der Waals surface area contributed by atoms with Gasteiger partial charge in [-0.2, -0.15) is 0 Å². The molecule has 0 aliphatic carbocycles. The highest BCUT2D eigenvalue weighted by Crippen LogP contribution is 2.23. The molecule has 468 valence electrons. The molecule has 0 aromatic heterocycles. The second-order valence-electron chi connectivity index (χ2n) is 23.2. The zero-order valence-corrected chi connectivity index (χ0v) is 52.3. The lowest BCUT2D eigenvalue weighted by atomic mass is 9.99. The maximum atomic E-state index is 13.1. The molecule has 9 nitrogen and oxygen atoms in total. The van der Waals surface area contributed by atoms with Gasteiger partial charge in [0.25, 0.3) is 0 Å². The molecule has 81 heavy (non-hydrogen) atoms. The largest absolute Gasteiger partial charge is 0.394 e. The molecule has 7 unspecified atom stereocenters. The molecule has 0 radical (unpaired) electrons. The Labute approximate surface area is 498 Å². The van der Waals surface area contributed by atoms with Crippen molar-refractivity contribution in [1.29, 1.82) is 0 Å². The van der Waals surface area contributed by atoms with Crippen molar-refractivity contribution in [1.82, 2.24) is 5.32 Å². The van der Waals surface area contributed by atoms with E-state index in [1.807, 2.05) is 6.08 Å². The van der Waals surface area contributed by atoms with Gasteiger partial charge >= 0.3 is 0 Å². The van der Waals surface area contributed by atoms with Gasteiger partial charge in [-0.05, 0) is 89.9 Å². The molecule has 0 aromatic rings. The van der Waals surface area contributed by atoms with Crippen molar-refractivity contribution in [2.45, 2.75) is 339 Å². The van der Waals surface area contributed by atoms with Crippen LogP contribution in [0.2, 0.25) is 0 Å². The fraction of sp³-hybridized carbons (Fsp3) is 0.764. The van der Waals surface area contributed by atoms with Crippen molar-refractivity contribution in [2.75, 3.05) is 13.2 Å². The van der Waals surface area contributed by atoms with Crippen LogP contribution in [0.4, 0.5) is 0 Å². The molecule has 1 aliphatic heterocycles. The van der Waals surface area contributed by atoms with Crippen molar-refractivity contribution in [3.8, 4) is 0 Å². The van der Waals surface area contributed by atoms with Crippen molar-refractivity contribution in [3.05, 3.63) is 97.2 Å². The van der Waals surface area contributed by atoms with Crippen LogP contribution >= 0.6 is 0 Å². The summed E-state index contributed by atoms with van der Waals surface area (Å²) in [6.07, 6.45) is 80.9. The minimum absolute atomic E-state index is 0.188. The summed E-state index contributed by atoms with van der Waals surface area (Å²) < 4.78 is 11.3. The first-order valence-corrected chi connectivity index (χ1v) is 34.0. The van der Waals surface area contributed by atoms with Gasteiger partial charge in [0.15, 0.2) is 6.29 Å². The van der Waals surface area contributed by atoms with Crippen LogP contribution < -0.4 is 5.32 Å². The summed E-state index contributed by atoms with van der Waals surface area (Å²) in [5, 5.41) is 54.6. The Kier molecular flexibility index (Phi) is 56.6. The third-order valence-corrected chi connectivity index (χ3v) is 15.6. The number of carbonyl (C=O) groups excluding carboxylic acids is 1. The van der Waals surface area contributed by atoms with Crippen molar-refractivity contribution < 1.29 is 39.8 Å². The topological polar surface area (TPSA) is 149 Å². The van der Waals surface area contributed by atoms with Crippen LogP contribution in [0.1, 0.15) is 296 Å². The van der Waals surface area contributed by atoms with Crippen LogP contribution in [-0.2, 0) is 14.3 Å². The van der Waals surface area contributed by atoms with Crippen molar-refractivity contribution >= 4 is 5.91 Å². The Morgan fingerprint density at radius 2 is 0.778 bits per heavy atom. The smallest absolute Gasteiger partial charge is 0.220 e. The van der Waals surface area contributed by atoms with Gasteiger partial charge in [0.2, 0.25) is 5.91 Å². The lowest BCUT2D eigenvalue weighted by Gasteiger charge is -2.40. The number of hydrogen-bond acceptors (Lipinski definition) is 8. The molecule has 1 heterocycles. The molecule has 1 aliphatic rings. The fourth-order valence-electron chi connectivity index (χ4n) is 10.3. The number of carbonyl (C=O) groups is 1. The van der Waals surface area contributed by atoms with Crippen LogP contribution in [0.15, 0.2) is 97.2 Å². The van der Waals surface area contributed by atoms with E-state index < -0.39 is 49.5 Å². The minimum atomic E-state index is -1.58. The SMILES string of the molecule is CC/C=C\C/C=C\C/C=C\C/C=C\C/C=C\CCCCCCCCCCCCCCCCCCCCCCCCCCCC(=O)NC(COC1OC(CO)C(O)C(O)C1O)C(O)/C=C/CC/C=C/CC/C=C/CCCCCCCCC. The molecule has 0 saturated carbocycles.